The molecule has 0 atom stereocenters. The van der Waals surface area contributed by atoms with Gasteiger partial charge >= 0.3 is 0 Å². The van der Waals surface area contributed by atoms with E-state index in [4.69, 9.17) is 0 Å². The molecule has 0 amide bonds. The van der Waals surface area contributed by atoms with Gasteiger partial charge in [-0.2, -0.15) is 5.26 Å². The number of allylic oxidation sites excluding steroid dienone is 1. The smallest absolute Gasteiger partial charge is 0.270 e. The molecule has 0 bridgehead atoms. The lowest BCUT2D eigenvalue weighted by Gasteiger charge is -2.21. The van der Waals surface area contributed by atoms with Gasteiger partial charge in [0.25, 0.3) is 5.69 Å². The Morgan fingerprint density at radius 1 is 1.38 bits per heavy atom. The fraction of sp³-hybridized carbons (Fsp3) is 0.389. The number of nitrogens with zero attached hydrogens (tertiary/aromatic N) is 5. The topological polar surface area (TPSA) is 97.6 Å². The lowest BCUT2D eigenvalue weighted by atomic mass is 9.89. The minimum Gasteiger partial charge on any atom is -0.302 e. The lowest BCUT2D eigenvalue weighted by molar-refractivity contribution is -0.384. The van der Waals surface area contributed by atoms with Gasteiger partial charge in [-0.05, 0) is 30.7 Å². The second-order valence-corrected chi connectivity index (χ2v) is 7.24. The van der Waals surface area contributed by atoms with Crippen molar-refractivity contribution in [2.75, 3.05) is 0 Å². The van der Waals surface area contributed by atoms with Crippen LogP contribution in [0.5, 0.6) is 0 Å². The highest BCUT2D eigenvalue weighted by atomic mass is 32.2. The highest BCUT2D eigenvalue weighted by molar-refractivity contribution is 7.99. The molecule has 7 nitrogen and oxygen atoms in total. The highest BCUT2D eigenvalue weighted by Gasteiger charge is 2.24. The molecule has 8 heteroatoms. The molecule has 0 radical (unpaired) electrons. The fourth-order valence-electron chi connectivity index (χ4n) is 3.25. The average Bonchev–Trinajstić information content (AvgIpc) is 3.05. The van der Waals surface area contributed by atoms with Crippen LogP contribution in [0.1, 0.15) is 49.4 Å². The van der Waals surface area contributed by atoms with Gasteiger partial charge in [-0.15, -0.1) is 16.8 Å². The molecule has 2 aromatic rings. The molecule has 0 aliphatic heterocycles. The van der Waals surface area contributed by atoms with Crippen molar-refractivity contribution in [2.24, 2.45) is 0 Å². The van der Waals surface area contributed by atoms with Gasteiger partial charge in [0.05, 0.1) is 10.5 Å². The summed E-state index contributed by atoms with van der Waals surface area (Å²) in [6.07, 6.45) is 7.70. The van der Waals surface area contributed by atoms with E-state index in [1.807, 2.05) is 10.6 Å². The van der Waals surface area contributed by atoms with Crippen LogP contribution in [0.2, 0.25) is 0 Å². The van der Waals surface area contributed by atoms with Gasteiger partial charge in [-0.3, -0.25) is 10.1 Å². The van der Waals surface area contributed by atoms with Crippen LogP contribution in [0.3, 0.4) is 0 Å². The Kier molecular flexibility index (Phi) is 5.68. The van der Waals surface area contributed by atoms with Crippen LogP contribution >= 0.6 is 11.8 Å². The zero-order valence-corrected chi connectivity index (χ0v) is 15.1. The van der Waals surface area contributed by atoms with E-state index in [1.165, 1.54) is 43.2 Å². The fourth-order valence-corrected chi connectivity index (χ4v) is 4.15. The Hall–Kier alpha value is -2.66. The van der Waals surface area contributed by atoms with Crippen molar-refractivity contribution in [3.63, 3.8) is 0 Å². The largest absolute Gasteiger partial charge is 0.302 e. The van der Waals surface area contributed by atoms with Crippen LogP contribution in [0.25, 0.3) is 0 Å². The van der Waals surface area contributed by atoms with E-state index in [0.717, 1.165) is 18.7 Å². The number of rotatable bonds is 6. The Balaban J connectivity index is 1.92. The van der Waals surface area contributed by atoms with Gasteiger partial charge in [0.1, 0.15) is 11.9 Å². The molecule has 26 heavy (non-hydrogen) atoms. The SMILES string of the molecule is C=CCn1c(Sc2ccc([N+](=O)[O-])cc2C#N)nnc1C1CCCCC1. The molecule has 1 fully saturated rings. The van der Waals surface area contributed by atoms with Gasteiger partial charge in [-0.25, -0.2) is 0 Å². The van der Waals surface area contributed by atoms with E-state index in [1.54, 1.807) is 12.1 Å². The summed E-state index contributed by atoms with van der Waals surface area (Å²) in [7, 11) is 0. The van der Waals surface area contributed by atoms with E-state index in [-0.39, 0.29) is 11.3 Å². The lowest BCUT2D eigenvalue weighted by Crippen LogP contribution is -2.12. The molecule has 1 aliphatic carbocycles. The number of non-ortho nitro benzene ring substituents is 1. The molecule has 0 N–H and O–H groups in total. The van der Waals surface area contributed by atoms with E-state index in [9.17, 15) is 15.4 Å². The van der Waals surface area contributed by atoms with Crippen LogP contribution in [0.15, 0.2) is 40.9 Å². The third-order valence-corrected chi connectivity index (χ3v) is 5.58. The third kappa shape index (κ3) is 3.78. The van der Waals surface area contributed by atoms with E-state index in [2.05, 4.69) is 16.8 Å². The number of nitro groups is 1. The van der Waals surface area contributed by atoms with Crippen molar-refractivity contribution in [1.82, 2.24) is 14.8 Å². The van der Waals surface area contributed by atoms with Gasteiger partial charge in [-0.1, -0.05) is 25.3 Å². The monoisotopic (exact) mass is 369 g/mol. The molecule has 0 spiro atoms. The third-order valence-electron chi connectivity index (χ3n) is 4.52. The number of nitriles is 1. The zero-order chi connectivity index (χ0) is 18.5. The molecular weight excluding hydrogens is 350 g/mol. The van der Waals surface area contributed by atoms with E-state index in [0.29, 0.717) is 22.5 Å². The average molecular weight is 369 g/mol. The molecule has 1 aliphatic rings. The highest BCUT2D eigenvalue weighted by Crippen LogP contribution is 2.36. The molecule has 134 valence electrons. The molecule has 0 unspecified atom stereocenters. The van der Waals surface area contributed by atoms with Gasteiger partial charge in [0.2, 0.25) is 0 Å². The summed E-state index contributed by atoms with van der Waals surface area (Å²) in [6, 6.07) is 6.31. The van der Waals surface area contributed by atoms with Crippen molar-refractivity contribution in [2.45, 2.75) is 54.6 Å². The summed E-state index contributed by atoms with van der Waals surface area (Å²) in [4.78, 5) is 11.0. The van der Waals surface area contributed by atoms with Gasteiger partial charge in [0, 0.05) is 29.5 Å². The van der Waals surface area contributed by atoms with E-state index >= 15 is 0 Å². The number of aromatic nitrogens is 3. The maximum Gasteiger partial charge on any atom is 0.270 e. The first-order valence-corrected chi connectivity index (χ1v) is 9.36. The Morgan fingerprint density at radius 2 is 2.15 bits per heavy atom. The Labute approximate surface area is 155 Å². The quantitative estimate of drug-likeness (QED) is 0.424. The number of benzene rings is 1. The minimum absolute atomic E-state index is 0.0960. The van der Waals surface area contributed by atoms with Crippen LogP contribution in [0.4, 0.5) is 5.69 Å². The number of nitro benzene ring substituents is 1. The van der Waals surface area contributed by atoms with Crippen molar-refractivity contribution >= 4 is 17.4 Å². The summed E-state index contributed by atoms with van der Waals surface area (Å²) >= 11 is 1.31. The summed E-state index contributed by atoms with van der Waals surface area (Å²) in [5.74, 6) is 1.37. The van der Waals surface area contributed by atoms with Crippen molar-refractivity contribution in [1.29, 1.82) is 5.26 Å². The predicted octanol–water partition coefficient (Wildman–Crippen LogP) is 4.44. The summed E-state index contributed by atoms with van der Waals surface area (Å²) < 4.78 is 2.04. The first-order valence-electron chi connectivity index (χ1n) is 8.54. The molecule has 1 aromatic heterocycles. The van der Waals surface area contributed by atoms with Crippen LogP contribution in [-0.2, 0) is 6.54 Å². The summed E-state index contributed by atoms with van der Waals surface area (Å²) in [6.45, 7) is 4.42. The second kappa shape index (κ2) is 8.15. The predicted molar refractivity (Wildman–Crippen MR) is 98.0 cm³/mol. The number of hydrogen-bond acceptors (Lipinski definition) is 6. The molecule has 3 rings (SSSR count). The summed E-state index contributed by atoms with van der Waals surface area (Å²) in [5.41, 5.74) is 0.165. The standard InChI is InChI=1S/C18H19N5O2S/c1-2-10-22-17(13-6-4-3-5-7-13)20-21-18(22)26-16-9-8-15(23(24)25)11-14(16)12-19/h2,8-9,11,13H,1,3-7,10H2. The molecule has 0 saturated heterocycles. The van der Waals surface area contributed by atoms with Gasteiger partial charge < -0.3 is 4.57 Å². The molecule has 1 aromatic carbocycles. The summed E-state index contributed by atoms with van der Waals surface area (Å²) in [5, 5.41) is 29.7. The Morgan fingerprint density at radius 3 is 2.81 bits per heavy atom. The maximum absolute atomic E-state index is 10.9. The van der Waals surface area contributed by atoms with Gasteiger partial charge in [0.15, 0.2) is 5.16 Å². The van der Waals surface area contributed by atoms with Crippen molar-refractivity contribution < 1.29 is 4.92 Å². The molecular formula is C18H19N5O2S. The van der Waals surface area contributed by atoms with Crippen LogP contribution < -0.4 is 0 Å². The minimum atomic E-state index is -0.503. The molecule has 1 saturated carbocycles. The van der Waals surface area contributed by atoms with Crippen molar-refractivity contribution in [3.8, 4) is 6.07 Å². The second-order valence-electron chi connectivity index (χ2n) is 6.23. The van der Waals surface area contributed by atoms with E-state index < -0.39 is 4.92 Å². The normalized spacial score (nSPS) is 14.7. The first-order chi connectivity index (χ1) is 12.6. The first kappa shape index (κ1) is 18.1. The van der Waals surface area contributed by atoms with Crippen molar-refractivity contribution in [3.05, 3.63) is 52.4 Å². The molecule has 1 heterocycles. The zero-order valence-electron chi connectivity index (χ0n) is 14.3. The van der Waals surface area contributed by atoms with Crippen LogP contribution in [0, 0.1) is 21.4 Å². The van der Waals surface area contributed by atoms with Crippen LogP contribution in [-0.4, -0.2) is 19.7 Å². The number of hydrogen-bond donors (Lipinski definition) is 0. The Bertz CT molecular complexity index is 865. The maximum atomic E-state index is 10.9.